The van der Waals surface area contributed by atoms with Crippen molar-refractivity contribution in [3.63, 3.8) is 0 Å². The van der Waals surface area contributed by atoms with E-state index >= 15 is 0 Å². The SMILES string of the molecule is CC[C@H](Nc1cc(C(F)F)c(-c2sc(C(=O)NCC3(O)CC3)nc2C(=O)N2CCC[C@@H]2C)cn1)C1CC1. The zero-order valence-electron chi connectivity index (χ0n) is 21.1. The highest BCUT2D eigenvalue weighted by atomic mass is 32.1. The van der Waals surface area contributed by atoms with Crippen LogP contribution in [0.3, 0.4) is 0 Å². The highest BCUT2D eigenvalue weighted by molar-refractivity contribution is 7.17. The van der Waals surface area contributed by atoms with E-state index in [9.17, 15) is 23.5 Å². The number of anilines is 1. The lowest BCUT2D eigenvalue weighted by Gasteiger charge is -2.21. The molecule has 0 spiro atoms. The molecule has 3 N–H and O–H groups in total. The molecule has 200 valence electrons. The first kappa shape index (κ1) is 26.0. The van der Waals surface area contributed by atoms with Gasteiger partial charge >= 0.3 is 0 Å². The quantitative estimate of drug-likeness (QED) is 0.411. The Bertz CT molecular complexity index is 1180. The predicted molar refractivity (Wildman–Crippen MR) is 137 cm³/mol. The molecule has 3 fully saturated rings. The normalized spacial score (nSPS) is 21.2. The number of alkyl halides is 2. The number of aliphatic hydroxyl groups is 1. The van der Waals surface area contributed by atoms with Gasteiger partial charge in [0.15, 0.2) is 5.01 Å². The third kappa shape index (κ3) is 5.62. The molecule has 0 bridgehead atoms. The minimum atomic E-state index is -2.81. The molecule has 37 heavy (non-hydrogen) atoms. The molecular formula is C26H33F2N5O3S. The van der Waals surface area contributed by atoms with Crippen molar-refractivity contribution < 1.29 is 23.5 Å². The Balaban J connectivity index is 1.50. The van der Waals surface area contributed by atoms with Gasteiger partial charge < -0.3 is 20.6 Å². The molecule has 2 aromatic rings. The average molecular weight is 534 g/mol. The maximum atomic E-state index is 14.3. The van der Waals surface area contributed by atoms with Crippen molar-refractivity contribution in [3.8, 4) is 10.4 Å². The number of aromatic nitrogens is 2. The lowest BCUT2D eigenvalue weighted by molar-refractivity contribution is 0.0742. The van der Waals surface area contributed by atoms with Crippen LogP contribution < -0.4 is 10.6 Å². The van der Waals surface area contributed by atoms with E-state index in [1.165, 1.54) is 12.3 Å². The molecule has 2 atom stereocenters. The van der Waals surface area contributed by atoms with Crippen LogP contribution in [0.1, 0.15) is 91.1 Å². The minimum Gasteiger partial charge on any atom is -0.388 e. The summed E-state index contributed by atoms with van der Waals surface area (Å²) in [6, 6.07) is 1.52. The number of hydrogen-bond donors (Lipinski definition) is 3. The molecule has 2 amide bonds. The van der Waals surface area contributed by atoms with Gasteiger partial charge in [-0.15, -0.1) is 11.3 Å². The number of carbonyl (C=O) groups excluding carboxylic acids is 2. The molecule has 2 aromatic heterocycles. The first-order chi connectivity index (χ1) is 17.7. The number of carbonyl (C=O) groups is 2. The van der Waals surface area contributed by atoms with Gasteiger partial charge in [-0.2, -0.15) is 0 Å². The zero-order valence-corrected chi connectivity index (χ0v) is 21.9. The number of rotatable bonds is 10. The molecule has 2 saturated carbocycles. The van der Waals surface area contributed by atoms with E-state index in [0.717, 1.165) is 43.4 Å². The van der Waals surface area contributed by atoms with Gasteiger partial charge in [0.05, 0.1) is 10.5 Å². The second-order valence-corrected chi connectivity index (χ2v) is 11.5. The number of nitrogens with one attached hydrogen (secondary N) is 2. The maximum absolute atomic E-state index is 14.3. The van der Waals surface area contributed by atoms with Crippen LogP contribution in [0.4, 0.5) is 14.6 Å². The summed E-state index contributed by atoms with van der Waals surface area (Å²) < 4.78 is 28.7. The Kier molecular flexibility index (Phi) is 7.19. The minimum absolute atomic E-state index is 0.00310. The Morgan fingerprint density at radius 3 is 2.65 bits per heavy atom. The van der Waals surface area contributed by atoms with Gasteiger partial charge in [0.1, 0.15) is 11.5 Å². The fourth-order valence-corrected chi connectivity index (χ4v) is 5.92. The topological polar surface area (TPSA) is 107 Å². The van der Waals surface area contributed by atoms with Crippen LogP contribution in [0, 0.1) is 5.92 Å². The molecule has 3 aliphatic rings. The van der Waals surface area contributed by atoms with E-state index in [2.05, 4.69) is 27.5 Å². The second kappa shape index (κ2) is 10.2. The summed E-state index contributed by atoms with van der Waals surface area (Å²) in [5, 5.41) is 16.0. The van der Waals surface area contributed by atoms with E-state index in [4.69, 9.17) is 0 Å². The summed E-state index contributed by atoms with van der Waals surface area (Å²) >= 11 is 0.905. The van der Waals surface area contributed by atoms with Crippen LogP contribution in [-0.4, -0.2) is 62.6 Å². The van der Waals surface area contributed by atoms with Crippen LogP contribution in [-0.2, 0) is 0 Å². The summed E-state index contributed by atoms with van der Waals surface area (Å²) in [5.41, 5.74) is -1.06. The van der Waals surface area contributed by atoms with Crippen LogP contribution in [0.15, 0.2) is 12.3 Å². The highest BCUT2D eigenvalue weighted by Crippen LogP contribution is 2.40. The van der Waals surface area contributed by atoms with Crippen molar-refractivity contribution in [3.05, 3.63) is 28.5 Å². The molecule has 1 aliphatic heterocycles. The average Bonchev–Trinajstić information content (AvgIpc) is 3.77. The van der Waals surface area contributed by atoms with E-state index in [1.807, 2.05) is 6.92 Å². The summed E-state index contributed by atoms with van der Waals surface area (Å²) in [6.45, 7) is 4.63. The molecule has 11 heteroatoms. The third-order valence-corrected chi connectivity index (χ3v) is 8.71. The smallest absolute Gasteiger partial charge is 0.280 e. The highest BCUT2D eigenvalue weighted by Gasteiger charge is 2.41. The number of thiazole rings is 1. The molecule has 1 saturated heterocycles. The Labute approximate surface area is 218 Å². The number of pyridine rings is 1. The Hall–Kier alpha value is -2.66. The number of nitrogens with zero attached hydrogens (tertiary/aromatic N) is 3. The lowest BCUT2D eigenvalue weighted by atomic mass is 10.1. The van der Waals surface area contributed by atoms with Crippen molar-refractivity contribution in [2.75, 3.05) is 18.4 Å². The first-order valence-electron chi connectivity index (χ1n) is 13.1. The predicted octanol–water partition coefficient (Wildman–Crippen LogP) is 4.62. The van der Waals surface area contributed by atoms with Gasteiger partial charge in [-0.3, -0.25) is 9.59 Å². The largest absolute Gasteiger partial charge is 0.388 e. The van der Waals surface area contributed by atoms with E-state index in [0.29, 0.717) is 31.1 Å². The van der Waals surface area contributed by atoms with E-state index in [1.54, 1.807) is 4.90 Å². The molecule has 5 rings (SSSR count). The molecule has 0 radical (unpaired) electrons. The molecule has 8 nitrogen and oxygen atoms in total. The summed E-state index contributed by atoms with van der Waals surface area (Å²) in [4.78, 5) is 37.0. The van der Waals surface area contributed by atoms with Crippen molar-refractivity contribution in [2.45, 2.75) is 82.9 Å². The fourth-order valence-electron chi connectivity index (χ4n) is 4.92. The van der Waals surface area contributed by atoms with Crippen LogP contribution in [0.2, 0.25) is 0 Å². The Morgan fingerprint density at radius 2 is 2.05 bits per heavy atom. The zero-order chi connectivity index (χ0) is 26.3. The molecule has 3 heterocycles. The number of hydrogen-bond acceptors (Lipinski definition) is 7. The molecule has 0 unspecified atom stereocenters. The van der Waals surface area contributed by atoms with Crippen molar-refractivity contribution in [1.82, 2.24) is 20.2 Å². The maximum Gasteiger partial charge on any atom is 0.280 e. The van der Waals surface area contributed by atoms with Gasteiger partial charge in [-0.25, -0.2) is 18.7 Å². The van der Waals surface area contributed by atoms with Crippen LogP contribution in [0.25, 0.3) is 10.4 Å². The van der Waals surface area contributed by atoms with Gasteiger partial charge in [0.25, 0.3) is 18.2 Å². The molecular weight excluding hydrogens is 500 g/mol. The standard InChI is InChI=1S/C26H33F2N5O3S/c1-3-18(15-6-7-15)31-19-11-16(22(27)28)17(12-29-19)21-20(25(35)33-10-4-5-14(33)2)32-24(37-21)23(34)30-13-26(36)8-9-26/h11-12,14-15,18,22,36H,3-10,13H2,1-2H3,(H,29,31)(H,30,34)/t14-,18-/m0/s1. The number of likely N-dealkylation sites (tertiary alicyclic amines) is 1. The second-order valence-electron chi connectivity index (χ2n) is 10.5. The van der Waals surface area contributed by atoms with Gasteiger partial charge in [-0.05, 0) is 63.9 Å². The van der Waals surface area contributed by atoms with Crippen molar-refractivity contribution in [2.24, 2.45) is 5.92 Å². The van der Waals surface area contributed by atoms with Crippen molar-refractivity contribution in [1.29, 1.82) is 0 Å². The number of amides is 2. The third-order valence-electron chi connectivity index (χ3n) is 7.62. The lowest BCUT2D eigenvalue weighted by Crippen LogP contribution is -2.35. The fraction of sp³-hybridized carbons (Fsp3) is 0.615. The summed E-state index contributed by atoms with van der Waals surface area (Å²) in [5.74, 6) is -0.0121. The van der Waals surface area contributed by atoms with E-state index in [-0.39, 0.29) is 51.2 Å². The number of halogens is 2. The Morgan fingerprint density at radius 1 is 1.30 bits per heavy atom. The molecule has 2 aliphatic carbocycles. The van der Waals surface area contributed by atoms with Gasteiger partial charge in [-0.1, -0.05) is 6.92 Å². The summed E-state index contributed by atoms with van der Waals surface area (Å²) in [6.07, 6.45) is 4.57. The summed E-state index contributed by atoms with van der Waals surface area (Å²) in [7, 11) is 0. The van der Waals surface area contributed by atoms with E-state index < -0.39 is 17.9 Å². The van der Waals surface area contributed by atoms with Crippen LogP contribution >= 0.6 is 11.3 Å². The monoisotopic (exact) mass is 533 g/mol. The first-order valence-corrected chi connectivity index (χ1v) is 13.9. The van der Waals surface area contributed by atoms with Crippen LogP contribution in [0.5, 0.6) is 0 Å². The van der Waals surface area contributed by atoms with Crippen molar-refractivity contribution >= 4 is 29.0 Å². The van der Waals surface area contributed by atoms with Gasteiger partial charge in [0, 0.05) is 42.5 Å². The van der Waals surface area contributed by atoms with Gasteiger partial charge in [0.2, 0.25) is 0 Å². The molecule has 0 aromatic carbocycles.